The summed E-state index contributed by atoms with van der Waals surface area (Å²) in [5.41, 5.74) is 5.30. The van der Waals surface area contributed by atoms with Crippen LogP contribution in [-0.2, 0) is 6.42 Å². The van der Waals surface area contributed by atoms with E-state index >= 15 is 0 Å². The Bertz CT molecular complexity index is 790. The maximum absolute atomic E-state index is 3.26. The number of hydrogen-bond donors (Lipinski definition) is 1. The summed E-state index contributed by atoms with van der Waals surface area (Å²) >= 11 is 0. The van der Waals surface area contributed by atoms with Gasteiger partial charge >= 0.3 is 0 Å². The number of nitrogens with one attached hydrogen (secondary N) is 1. The van der Waals surface area contributed by atoms with E-state index in [9.17, 15) is 0 Å². The van der Waals surface area contributed by atoms with Crippen LogP contribution < -0.4 is 0 Å². The van der Waals surface area contributed by atoms with Crippen molar-refractivity contribution in [2.24, 2.45) is 11.8 Å². The molecule has 124 valence electrons. The Morgan fingerprint density at radius 2 is 1.67 bits per heavy atom. The van der Waals surface area contributed by atoms with Crippen LogP contribution in [0, 0.1) is 11.8 Å². The molecule has 1 aromatic heterocycles. The summed E-state index contributed by atoms with van der Waals surface area (Å²) in [6, 6.07) is 18.0. The van der Waals surface area contributed by atoms with E-state index in [0.29, 0.717) is 0 Å². The topological polar surface area (TPSA) is 15.8 Å². The van der Waals surface area contributed by atoms with Gasteiger partial charge in [-0.05, 0) is 58.5 Å². The van der Waals surface area contributed by atoms with Crippen molar-refractivity contribution in [3.8, 4) is 11.1 Å². The second-order valence-corrected chi connectivity index (χ2v) is 7.56. The first kappa shape index (κ1) is 15.5. The van der Waals surface area contributed by atoms with Crippen LogP contribution in [0.3, 0.4) is 0 Å². The molecule has 1 aliphatic carbocycles. The predicted molar refractivity (Wildman–Crippen MR) is 103 cm³/mol. The molecule has 1 heteroatoms. The van der Waals surface area contributed by atoms with Crippen LogP contribution >= 0.6 is 0 Å². The van der Waals surface area contributed by atoms with Gasteiger partial charge in [-0.25, -0.2) is 0 Å². The highest BCUT2D eigenvalue weighted by Gasteiger charge is 2.20. The molecule has 0 aliphatic heterocycles. The molecule has 1 heterocycles. The molecule has 1 nitrogen and oxygen atoms in total. The zero-order valence-electron chi connectivity index (χ0n) is 14.6. The lowest BCUT2D eigenvalue weighted by molar-refractivity contribution is 0.262. The average molecular weight is 317 g/mol. The number of hydrogen-bond acceptors (Lipinski definition) is 0. The minimum Gasteiger partial charge on any atom is -0.361 e. The molecule has 4 rings (SSSR count). The molecule has 0 bridgehead atoms. The third-order valence-electron chi connectivity index (χ3n) is 5.85. The van der Waals surface area contributed by atoms with Gasteiger partial charge in [0, 0.05) is 11.7 Å². The number of rotatable bonds is 4. The zero-order chi connectivity index (χ0) is 16.4. The Kier molecular flexibility index (Phi) is 4.42. The summed E-state index contributed by atoms with van der Waals surface area (Å²) in [4.78, 5) is 3.26. The summed E-state index contributed by atoms with van der Waals surface area (Å²) in [7, 11) is 0. The van der Waals surface area contributed by atoms with Gasteiger partial charge in [-0.15, -0.1) is 0 Å². The van der Waals surface area contributed by atoms with E-state index < -0.39 is 0 Å². The van der Waals surface area contributed by atoms with Crippen LogP contribution in [0.2, 0.25) is 0 Å². The molecule has 1 atom stereocenters. The molecule has 2 aromatic carbocycles. The second kappa shape index (κ2) is 6.84. The van der Waals surface area contributed by atoms with E-state index in [1.165, 1.54) is 66.1 Å². The zero-order valence-corrected chi connectivity index (χ0v) is 14.6. The van der Waals surface area contributed by atoms with Crippen LogP contribution in [0.1, 0.15) is 44.6 Å². The predicted octanol–water partition coefficient (Wildman–Crippen LogP) is 6.59. The van der Waals surface area contributed by atoms with Crippen molar-refractivity contribution in [2.75, 3.05) is 0 Å². The molecule has 0 amide bonds. The first-order chi connectivity index (χ1) is 11.8. The molecule has 1 aliphatic rings. The molecule has 0 radical (unpaired) electrons. The summed E-state index contributed by atoms with van der Waals surface area (Å²) < 4.78 is 0. The average Bonchev–Trinajstić information content (AvgIpc) is 3.11. The second-order valence-electron chi connectivity index (χ2n) is 7.56. The molecule has 3 aromatic rings. The van der Waals surface area contributed by atoms with Gasteiger partial charge in [0.25, 0.3) is 0 Å². The van der Waals surface area contributed by atoms with Gasteiger partial charge in [0.1, 0.15) is 0 Å². The van der Waals surface area contributed by atoms with Crippen molar-refractivity contribution in [2.45, 2.75) is 45.4 Å². The Hall–Kier alpha value is -2.02. The summed E-state index contributed by atoms with van der Waals surface area (Å²) in [5, 5.41) is 1.28. The number of H-pyrrole nitrogens is 1. The van der Waals surface area contributed by atoms with E-state index in [-0.39, 0.29) is 0 Å². The van der Waals surface area contributed by atoms with Gasteiger partial charge in [-0.3, -0.25) is 0 Å². The van der Waals surface area contributed by atoms with Crippen LogP contribution in [0.15, 0.2) is 54.7 Å². The van der Waals surface area contributed by atoms with Crippen LogP contribution in [0.25, 0.3) is 22.0 Å². The fourth-order valence-corrected chi connectivity index (χ4v) is 4.31. The van der Waals surface area contributed by atoms with E-state index in [4.69, 9.17) is 0 Å². The summed E-state index contributed by atoms with van der Waals surface area (Å²) in [6.45, 7) is 2.45. The Balaban J connectivity index is 1.47. The van der Waals surface area contributed by atoms with Crippen molar-refractivity contribution in [3.63, 3.8) is 0 Å². The van der Waals surface area contributed by atoms with Gasteiger partial charge in [-0.2, -0.15) is 0 Å². The maximum Gasteiger partial charge on any atom is 0.0454 e. The number of benzene rings is 2. The fourth-order valence-electron chi connectivity index (χ4n) is 4.31. The highest BCUT2D eigenvalue weighted by atomic mass is 14.7. The van der Waals surface area contributed by atoms with Gasteiger partial charge in [0.05, 0.1) is 0 Å². The normalized spacial score (nSPS) is 17.2. The molecule has 24 heavy (non-hydrogen) atoms. The third kappa shape index (κ3) is 3.26. The fraction of sp³-hybridized carbons (Fsp3) is 0.391. The van der Waals surface area contributed by atoms with Crippen molar-refractivity contribution < 1.29 is 0 Å². The Labute approximate surface area is 145 Å². The molecular formula is C23H27N. The van der Waals surface area contributed by atoms with E-state index in [2.05, 4.69) is 60.4 Å². The Morgan fingerprint density at radius 3 is 2.46 bits per heavy atom. The molecular weight excluding hydrogens is 290 g/mol. The Morgan fingerprint density at radius 1 is 0.917 bits per heavy atom. The van der Waals surface area contributed by atoms with Gasteiger partial charge in [0.15, 0.2) is 0 Å². The van der Waals surface area contributed by atoms with Crippen molar-refractivity contribution in [1.29, 1.82) is 0 Å². The highest BCUT2D eigenvalue weighted by molar-refractivity contribution is 5.85. The lowest BCUT2D eigenvalue weighted by atomic mass is 9.78. The molecule has 1 unspecified atom stereocenters. The monoisotopic (exact) mass is 317 g/mol. The van der Waals surface area contributed by atoms with E-state index in [1.54, 1.807) is 0 Å². The summed E-state index contributed by atoms with van der Waals surface area (Å²) in [5.74, 6) is 1.75. The molecule has 0 spiro atoms. The number of aromatic nitrogens is 1. The molecule has 1 fully saturated rings. The number of aromatic amines is 1. The minimum atomic E-state index is 0.812. The van der Waals surface area contributed by atoms with E-state index in [0.717, 1.165) is 11.8 Å². The maximum atomic E-state index is 3.26. The van der Waals surface area contributed by atoms with Gasteiger partial charge in [-0.1, -0.05) is 69.4 Å². The molecule has 1 saturated carbocycles. The first-order valence-electron chi connectivity index (χ1n) is 9.46. The lowest BCUT2D eigenvalue weighted by Crippen LogP contribution is -2.17. The first-order valence-corrected chi connectivity index (χ1v) is 9.46. The largest absolute Gasteiger partial charge is 0.361 e. The van der Waals surface area contributed by atoms with Gasteiger partial charge in [0.2, 0.25) is 0 Å². The smallest absolute Gasteiger partial charge is 0.0454 e. The number of fused-ring (bicyclic) bond motifs is 1. The van der Waals surface area contributed by atoms with Crippen LogP contribution in [0.4, 0.5) is 0 Å². The van der Waals surface area contributed by atoms with Gasteiger partial charge < -0.3 is 4.98 Å². The lowest BCUT2D eigenvalue weighted by Gasteiger charge is -2.27. The minimum absolute atomic E-state index is 0.812. The third-order valence-corrected chi connectivity index (χ3v) is 5.85. The van der Waals surface area contributed by atoms with Crippen LogP contribution in [-0.4, -0.2) is 4.98 Å². The quantitative estimate of drug-likeness (QED) is 0.558. The highest BCUT2D eigenvalue weighted by Crippen LogP contribution is 2.32. The standard InChI is InChI=1S/C23H27N/c1-17(19-5-3-2-4-6-19)15-18-7-9-20(10-8-18)21-11-12-23-22(16-21)13-14-24-23/h7-14,16-17,19,24H,2-6,15H2,1H3. The summed E-state index contributed by atoms with van der Waals surface area (Å²) in [6.07, 6.45) is 10.4. The SMILES string of the molecule is CC(Cc1ccc(-c2ccc3[nH]ccc3c2)cc1)C1CCCCC1. The molecule has 1 N–H and O–H groups in total. The van der Waals surface area contributed by atoms with Crippen molar-refractivity contribution >= 4 is 10.9 Å². The van der Waals surface area contributed by atoms with E-state index in [1.807, 2.05) is 6.20 Å². The van der Waals surface area contributed by atoms with Crippen LogP contribution in [0.5, 0.6) is 0 Å². The molecule has 0 saturated heterocycles. The van der Waals surface area contributed by atoms with Crippen molar-refractivity contribution in [3.05, 3.63) is 60.3 Å². The van der Waals surface area contributed by atoms with Crippen molar-refractivity contribution in [1.82, 2.24) is 4.98 Å².